The predicted octanol–water partition coefficient (Wildman–Crippen LogP) is 2.59. The van der Waals surface area contributed by atoms with Crippen molar-refractivity contribution in [2.24, 2.45) is 0 Å². The third-order valence-corrected chi connectivity index (χ3v) is 1.62. The van der Waals surface area contributed by atoms with E-state index in [0.717, 1.165) is 6.07 Å². The number of hydrogen-bond donors (Lipinski definition) is 0. The van der Waals surface area contributed by atoms with E-state index in [1.54, 1.807) is 6.07 Å². The van der Waals surface area contributed by atoms with Crippen molar-refractivity contribution in [3.05, 3.63) is 23.4 Å². The second-order valence-corrected chi connectivity index (χ2v) is 2.75. The van der Waals surface area contributed by atoms with Gasteiger partial charge in [-0.15, -0.1) is 24.8 Å². The predicted molar refractivity (Wildman–Crippen MR) is 45.2 cm³/mol. The summed E-state index contributed by atoms with van der Waals surface area (Å²) in [6.07, 6.45) is -4.83. The van der Waals surface area contributed by atoms with E-state index in [4.69, 9.17) is 16.9 Å². The quantitative estimate of drug-likeness (QED) is 0.742. The van der Waals surface area contributed by atoms with E-state index in [2.05, 4.69) is 9.72 Å². The van der Waals surface area contributed by atoms with Gasteiger partial charge in [0, 0.05) is 6.07 Å². The first-order chi connectivity index (χ1) is 6.94. The molecular weight excluding hydrogens is 233 g/mol. The summed E-state index contributed by atoms with van der Waals surface area (Å²) in [7, 11) is 0. The Morgan fingerprint density at radius 2 is 2.13 bits per heavy atom. The van der Waals surface area contributed by atoms with Crippen molar-refractivity contribution in [2.75, 3.05) is 0 Å². The van der Waals surface area contributed by atoms with Gasteiger partial charge < -0.3 is 4.74 Å². The molecule has 0 atom stereocenters. The second kappa shape index (κ2) is 4.36. The zero-order chi connectivity index (χ0) is 11.5. The SMILES string of the molecule is N#Cc1cc(CCl)nc(OC(F)(F)F)c1. The van der Waals surface area contributed by atoms with Gasteiger partial charge >= 0.3 is 6.36 Å². The third-order valence-electron chi connectivity index (χ3n) is 1.34. The zero-order valence-electron chi connectivity index (χ0n) is 7.18. The Bertz CT molecular complexity index is 400. The van der Waals surface area contributed by atoms with E-state index in [1.165, 1.54) is 6.07 Å². The molecule has 0 unspecified atom stereocenters. The van der Waals surface area contributed by atoms with Gasteiger partial charge in [-0.3, -0.25) is 0 Å². The highest BCUT2D eigenvalue weighted by Crippen LogP contribution is 2.22. The molecule has 0 bridgehead atoms. The molecule has 0 amide bonds. The molecule has 0 spiro atoms. The van der Waals surface area contributed by atoms with Gasteiger partial charge in [-0.1, -0.05) is 0 Å². The summed E-state index contributed by atoms with van der Waals surface area (Å²) < 4.78 is 39.1. The lowest BCUT2D eigenvalue weighted by molar-refractivity contribution is -0.276. The van der Waals surface area contributed by atoms with Gasteiger partial charge in [0.25, 0.3) is 0 Å². The van der Waals surface area contributed by atoms with E-state index in [-0.39, 0.29) is 17.1 Å². The number of nitriles is 1. The highest BCUT2D eigenvalue weighted by atomic mass is 35.5. The number of hydrogen-bond acceptors (Lipinski definition) is 3. The van der Waals surface area contributed by atoms with Gasteiger partial charge in [0.1, 0.15) is 0 Å². The maximum atomic E-state index is 11.8. The monoisotopic (exact) mass is 236 g/mol. The lowest BCUT2D eigenvalue weighted by atomic mass is 10.2. The van der Waals surface area contributed by atoms with Crippen molar-refractivity contribution in [2.45, 2.75) is 12.2 Å². The molecule has 7 heteroatoms. The van der Waals surface area contributed by atoms with Gasteiger partial charge in [-0.2, -0.15) is 5.26 Å². The molecule has 0 aliphatic carbocycles. The minimum Gasteiger partial charge on any atom is -0.388 e. The minimum atomic E-state index is -4.83. The van der Waals surface area contributed by atoms with E-state index in [0.29, 0.717) is 0 Å². The van der Waals surface area contributed by atoms with Crippen LogP contribution in [0.2, 0.25) is 0 Å². The van der Waals surface area contributed by atoms with Crippen LogP contribution in [-0.2, 0) is 5.88 Å². The first-order valence-electron chi connectivity index (χ1n) is 3.67. The number of halogens is 4. The fourth-order valence-electron chi connectivity index (χ4n) is 0.864. The van der Waals surface area contributed by atoms with Crippen LogP contribution in [0.4, 0.5) is 13.2 Å². The van der Waals surface area contributed by atoms with Crippen LogP contribution in [0.25, 0.3) is 0 Å². The van der Waals surface area contributed by atoms with Crippen molar-refractivity contribution in [1.29, 1.82) is 5.26 Å². The number of alkyl halides is 4. The van der Waals surface area contributed by atoms with E-state index < -0.39 is 12.2 Å². The summed E-state index contributed by atoms with van der Waals surface area (Å²) in [5, 5.41) is 8.52. The summed E-state index contributed by atoms with van der Waals surface area (Å²) >= 11 is 5.39. The Morgan fingerprint density at radius 3 is 2.60 bits per heavy atom. The average molecular weight is 237 g/mol. The highest BCUT2D eigenvalue weighted by molar-refractivity contribution is 6.16. The molecule has 1 aromatic heterocycles. The number of nitrogens with zero attached hydrogens (tertiary/aromatic N) is 2. The number of ether oxygens (including phenoxy) is 1. The first kappa shape index (κ1) is 11.6. The number of pyridine rings is 1. The van der Waals surface area contributed by atoms with Crippen LogP contribution in [0.3, 0.4) is 0 Å². The number of rotatable bonds is 2. The molecule has 1 aromatic rings. The molecule has 0 N–H and O–H groups in total. The molecule has 0 radical (unpaired) electrons. The van der Waals surface area contributed by atoms with E-state index in [9.17, 15) is 13.2 Å². The standard InChI is InChI=1S/C8H4ClF3N2O/c9-3-6-1-5(4-13)2-7(14-6)15-8(10,11)12/h1-2H,3H2. The van der Waals surface area contributed by atoms with Crippen molar-refractivity contribution in [3.63, 3.8) is 0 Å². The topological polar surface area (TPSA) is 45.9 Å². The van der Waals surface area contributed by atoms with Crippen LogP contribution in [0.15, 0.2) is 12.1 Å². The normalized spacial score (nSPS) is 10.9. The van der Waals surface area contributed by atoms with E-state index >= 15 is 0 Å². The summed E-state index contributed by atoms with van der Waals surface area (Å²) in [5.41, 5.74) is 0.162. The minimum absolute atomic E-state index is 0.0138. The molecule has 1 rings (SSSR count). The highest BCUT2D eigenvalue weighted by Gasteiger charge is 2.32. The van der Waals surface area contributed by atoms with Gasteiger partial charge in [-0.25, -0.2) is 4.98 Å². The first-order valence-corrected chi connectivity index (χ1v) is 4.21. The molecule has 15 heavy (non-hydrogen) atoms. The molecule has 0 fully saturated rings. The second-order valence-electron chi connectivity index (χ2n) is 2.48. The van der Waals surface area contributed by atoms with Gasteiger partial charge in [0.2, 0.25) is 5.88 Å². The Morgan fingerprint density at radius 1 is 1.47 bits per heavy atom. The Labute approximate surface area is 88.1 Å². The van der Waals surface area contributed by atoms with Crippen molar-refractivity contribution >= 4 is 11.6 Å². The average Bonchev–Trinajstić information content (AvgIpc) is 2.14. The van der Waals surface area contributed by atoms with Crippen LogP contribution in [-0.4, -0.2) is 11.3 Å². The lowest BCUT2D eigenvalue weighted by Crippen LogP contribution is -2.18. The molecule has 0 aromatic carbocycles. The molecule has 0 aliphatic rings. The Hall–Kier alpha value is -1.48. The zero-order valence-corrected chi connectivity index (χ0v) is 7.93. The molecule has 1 heterocycles. The number of aromatic nitrogens is 1. The van der Waals surface area contributed by atoms with Crippen LogP contribution >= 0.6 is 11.6 Å². The fourth-order valence-corrected chi connectivity index (χ4v) is 1.00. The summed E-state index contributed by atoms with van der Waals surface area (Å²) in [4.78, 5) is 3.46. The maximum absolute atomic E-state index is 11.8. The largest absolute Gasteiger partial charge is 0.574 e. The molecule has 3 nitrogen and oxygen atoms in total. The van der Waals surface area contributed by atoms with Crippen LogP contribution in [0, 0.1) is 11.3 Å². The van der Waals surface area contributed by atoms with Gasteiger partial charge in [0.05, 0.1) is 23.2 Å². The fraction of sp³-hybridized carbons (Fsp3) is 0.250. The van der Waals surface area contributed by atoms with Gasteiger partial charge in [-0.05, 0) is 6.07 Å². The third kappa shape index (κ3) is 3.64. The molecule has 0 aliphatic heterocycles. The molecule has 80 valence electrons. The summed E-state index contributed by atoms with van der Waals surface area (Å²) in [6, 6.07) is 3.86. The lowest BCUT2D eigenvalue weighted by Gasteiger charge is -2.08. The maximum Gasteiger partial charge on any atom is 0.574 e. The molecule has 0 saturated carbocycles. The van der Waals surface area contributed by atoms with Crippen LogP contribution in [0.1, 0.15) is 11.3 Å². The van der Waals surface area contributed by atoms with Crippen molar-refractivity contribution in [1.82, 2.24) is 4.98 Å². The van der Waals surface area contributed by atoms with Gasteiger partial charge in [0.15, 0.2) is 0 Å². The van der Waals surface area contributed by atoms with Crippen molar-refractivity contribution in [3.8, 4) is 11.9 Å². The molecular formula is C8H4ClF3N2O. The van der Waals surface area contributed by atoms with Crippen LogP contribution < -0.4 is 4.74 Å². The van der Waals surface area contributed by atoms with Crippen LogP contribution in [0.5, 0.6) is 5.88 Å². The molecule has 0 saturated heterocycles. The smallest absolute Gasteiger partial charge is 0.388 e. The summed E-state index contributed by atoms with van der Waals surface area (Å²) in [6.45, 7) is 0. The Balaban J connectivity index is 3.03. The Kier molecular flexibility index (Phi) is 3.37. The van der Waals surface area contributed by atoms with E-state index in [1.807, 2.05) is 0 Å². The summed E-state index contributed by atoms with van der Waals surface area (Å²) in [5.74, 6) is -0.777. The van der Waals surface area contributed by atoms with Crippen molar-refractivity contribution < 1.29 is 17.9 Å².